The number of carbonyl (C=O) groups is 1. The first-order valence-corrected chi connectivity index (χ1v) is 7.14. The van der Waals surface area contributed by atoms with Gasteiger partial charge in [0.05, 0.1) is 22.0 Å². The van der Waals surface area contributed by atoms with E-state index < -0.39 is 0 Å². The second kappa shape index (κ2) is 4.91. The predicted molar refractivity (Wildman–Crippen MR) is 87.0 cm³/mol. The number of nitrogens with one attached hydrogen (secondary N) is 2. The van der Waals surface area contributed by atoms with Crippen molar-refractivity contribution in [3.63, 3.8) is 0 Å². The van der Waals surface area contributed by atoms with E-state index in [-0.39, 0.29) is 5.91 Å². The van der Waals surface area contributed by atoms with Gasteiger partial charge in [-0.3, -0.25) is 9.89 Å². The Labute approximate surface area is 131 Å². The molecule has 4 rings (SSSR count). The minimum Gasteiger partial charge on any atom is -0.345 e. The summed E-state index contributed by atoms with van der Waals surface area (Å²) in [7, 11) is 3.42. The molecule has 0 bridgehead atoms. The number of hydrogen-bond acceptors (Lipinski definition) is 4. The molecule has 7 heteroatoms. The number of pyridine rings is 1. The highest BCUT2D eigenvalue weighted by molar-refractivity contribution is 5.99. The van der Waals surface area contributed by atoms with Crippen LogP contribution in [0.15, 0.2) is 36.5 Å². The first kappa shape index (κ1) is 13.4. The SMILES string of the molecule is CN(C)C(=O)c1cnc2n[nH]c(-c3nc4ccccc4[nH]3)c2c1. The zero-order chi connectivity index (χ0) is 16.0. The molecular weight excluding hydrogens is 292 g/mol. The molecule has 7 nitrogen and oxygen atoms in total. The maximum atomic E-state index is 12.1. The standard InChI is InChI=1S/C16H14N6O/c1-22(2)16(23)9-7-10-13(20-21-14(10)17-8-9)15-18-11-5-3-4-6-12(11)19-15/h3-8H,1-2H3,(H,18,19)(H,17,20,21). The van der Waals surface area contributed by atoms with Crippen molar-refractivity contribution in [2.24, 2.45) is 0 Å². The van der Waals surface area contributed by atoms with Crippen molar-refractivity contribution in [3.8, 4) is 11.5 Å². The largest absolute Gasteiger partial charge is 0.345 e. The van der Waals surface area contributed by atoms with Crippen LogP contribution < -0.4 is 0 Å². The zero-order valence-corrected chi connectivity index (χ0v) is 12.7. The highest BCUT2D eigenvalue weighted by Crippen LogP contribution is 2.26. The van der Waals surface area contributed by atoms with Crippen molar-refractivity contribution in [3.05, 3.63) is 42.1 Å². The Morgan fingerprint density at radius 1 is 1.22 bits per heavy atom. The summed E-state index contributed by atoms with van der Waals surface area (Å²) in [5.41, 5.74) is 3.60. The lowest BCUT2D eigenvalue weighted by molar-refractivity contribution is 0.0827. The van der Waals surface area contributed by atoms with Gasteiger partial charge in [-0.15, -0.1) is 0 Å². The van der Waals surface area contributed by atoms with Crippen LogP contribution in [0.5, 0.6) is 0 Å². The smallest absolute Gasteiger partial charge is 0.254 e. The first-order valence-electron chi connectivity index (χ1n) is 7.14. The van der Waals surface area contributed by atoms with Crippen molar-refractivity contribution in [1.82, 2.24) is 30.0 Å². The number of aromatic nitrogens is 5. The average molecular weight is 306 g/mol. The minimum absolute atomic E-state index is 0.101. The van der Waals surface area contributed by atoms with Gasteiger partial charge in [0.1, 0.15) is 5.69 Å². The number of rotatable bonds is 2. The fraction of sp³-hybridized carbons (Fsp3) is 0.125. The molecule has 2 N–H and O–H groups in total. The summed E-state index contributed by atoms with van der Waals surface area (Å²) in [6.07, 6.45) is 1.54. The lowest BCUT2D eigenvalue weighted by Gasteiger charge is -2.09. The van der Waals surface area contributed by atoms with Gasteiger partial charge in [-0.05, 0) is 18.2 Å². The molecule has 0 unspecified atom stereocenters. The van der Waals surface area contributed by atoms with Crippen LogP contribution in [0.25, 0.3) is 33.6 Å². The Hall–Kier alpha value is -3.22. The topological polar surface area (TPSA) is 90.6 Å². The molecule has 0 saturated heterocycles. The molecule has 0 atom stereocenters. The molecule has 114 valence electrons. The predicted octanol–water partition coefficient (Wildman–Crippen LogP) is 2.20. The fourth-order valence-electron chi connectivity index (χ4n) is 2.53. The number of benzene rings is 1. The van der Waals surface area contributed by atoms with E-state index in [1.807, 2.05) is 24.3 Å². The molecule has 0 aliphatic carbocycles. The molecule has 0 saturated carbocycles. The Balaban J connectivity index is 1.89. The summed E-state index contributed by atoms with van der Waals surface area (Å²) < 4.78 is 0. The monoisotopic (exact) mass is 306 g/mol. The number of imidazole rings is 1. The van der Waals surface area contributed by atoms with Crippen LogP contribution in [-0.4, -0.2) is 50.1 Å². The number of para-hydroxylation sites is 2. The number of hydrogen-bond donors (Lipinski definition) is 2. The molecular formula is C16H14N6O. The number of aromatic amines is 2. The Kier molecular flexibility index (Phi) is 2.87. The van der Waals surface area contributed by atoms with E-state index in [0.717, 1.165) is 22.1 Å². The van der Waals surface area contributed by atoms with Crippen LogP contribution in [0.4, 0.5) is 0 Å². The van der Waals surface area contributed by atoms with E-state index >= 15 is 0 Å². The van der Waals surface area contributed by atoms with Gasteiger partial charge in [0.15, 0.2) is 11.5 Å². The van der Waals surface area contributed by atoms with Crippen molar-refractivity contribution in [2.45, 2.75) is 0 Å². The Morgan fingerprint density at radius 3 is 2.83 bits per heavy atom. The third kappa shape index (κ3) is 2.13. The summed E-state index contributed by atoms with van der Waals surface area (Å²) in [5, 5.41) is 7.91. The minimum atomic E-state index is -0.101. The molecule has 0 fully saturated rings. The second-order valence-corrected chi connectivity index (χ2v) is 5.50. The summed E-state index contributed by atoms with van der Waals surface area (Å²) in [4.78, 5) is 25.7. The van der Waals surface area contributed by atoms with Gasteiger partial charge in [-0.2, -0.15) is 5.10 Å². The average Bonchev–Trinajstić information content (AvgIpc) is 3.16. The van der Waals surface area contributed by atoms with Crippen molar-refractivity contribution >= 4 is 28.0 Å². The first-order chi connectivity index (χ1) is 11.1. The molecule has 0 aliphatic rings. The van der Waals surface area contributed by atoms with Crippen LogP contribution in [0.1, 0.15) is 10.4 Å². The Morgan fingerprint density at radius 2 is 2.04 bits per heavy atom. The van der Waals surface area contributed by atoms with Gasteiger partial charge in [0, 0.05) is 20.3 Å². The summed E-state index contributed by atoms with van der Waals surface area (Å²) >= 11 is 0. The number of fused-ring (bicyclic) bond motifs is 2. The van der Waals surface area contributed by atoms with Crippen LogP contribution >= 0.6 is 0 Å². The highest BCUT2D eigenvalue weighted by Gasteiger charge is 2.16. The number of carbonyl (C=O) groups excluding carboxylic acids is 1. The summed E-state index contributed by atoms with van der Waals surface area (Å²) in [6, 6.07) is 9.58. The van der Waals surface area contributed by atoms with Crippen molar-refractivity contribution in [2.75, 3.05) is 14.1 Å². The van der Waals surface area contributed by atoms with Crippen LogP contribution in [-0.2, 0) is 0 Å². The fourth-order valence-corrected chi connectivity index (χ4v) is 2.53. The van der Waals surface area contributed by atoms with E-state index in [4.69, 9.17) is 0 Å². The second-order valence-electron chi connectivity index (χ2n) is 5.50. The molecule has 23 heavy (non-hydrogen) atoms. The van der Waals surface area contributed by atoms with Crippen LogP contribution in [0.2, 0.25) is 0 Å². The normalized spacial score (nSPS) is 11.2. The number of nitrogens with zero attached hydrogens (tertiary/aromatic N) is 4. The van der Waals surface area contributed by atoms with E-state index in [2.05, 4.69) is 25.1 Å². The lowest BCUT2D eigenvalue weighted by Crippen LogP contribution is -2.21. The quantitative estimate of drug-likeness (QED) is 0.594. The van der Waals surface area contributed by atoms with Gasteiger partial charge >= 0.3 is 0 Å². The highest BCUT2D eigenvalue weighted by atomic mass is 16.2. The third-order valence-electron chi connectivity index (χ3n) is 3.69. The van der Waals surface area contributed by atoms with Gasteiger partial charge in [0.25, 0.3) is 5.91 Å². The van der Waals surface area contributed by atoms with Crippen LogP contribution in [0.3, 0.4) is 0 Å². The number of amides is 1. The molecule has 1 aromatic carbocycles. The molecule has 1 amide bonds. The lowest BCUT2D eigenvalue weighted by atomic mass is 10.2. The third-order valence-corrected chi connectivity index (χ3v) is 3.69. The van der Waals surface area contributed by atoms with Gasteiger partial charge in [-0.1, -0.05) is 12.1 Å². The van der Waals surface area contributed by atoms with Crippen molar-refractivity contribution < 1.29 is 4.79 Å². The molecule has 4 aromatic rings. The molecule has 0 radical (unpaired) electrons. The van der Waals surface area contributed by atoms with E-state index in [9.17, 15) is 4.79 Å². The maximum absolute atomic E-state index is 12.1. The van der Waals surface area contributed by atoms with E-state index in [1.54, 1.807) is 20.2 Å². The molecule has 0 aliphatic heterocycles. The van der Waals surface area contributed by atoms with E-state index in [0.29, 0.717) is 17.0 Å². The molecule has 3 aromatic heterocycles. The number of H-pyrrole nitrogens is 2. The molecule has 3 heterocycles. The summed E-state index contributed by atoms with van der Waals surface area (Å²) in [5.74, 6) is 0.570. The van der Waals surface area contributed by atoms with E-state index in [1.165, 1.54) is 11.1 Å². The van der Waals surface area contributed by atoms with Gasteiger partial charge in [0.2, 0.25) is 0 Å². The Bertz CT molecular complexity index is 996. The van der Waals surface area contributed by atoms with Gasteiger partial charge < -0.3 is 9.88 Å². The van der Waals surface area contributed by atoms with Crippen molar-refractivity contribution in [1.29, 1.82) is 0 Å². The molecule has 0 spiro atoms. The zero-order valence-electron chi connectivity index (χ0n) is 12.7. The maximum Gasteiger partial charge on any atom is 0.254 e. The van der Waals surface area contributed by atoms with Crippen LogP contribution in [0, 0.1) is 0 Å². The summed E-state index contributed by atoms with van der Waals surface area (Å²) in [6.45, 7) is 0. The van der Waals surface area contributed by atoms with Gasteiger partial charge in [-0.25, -0.2) is 9.97 Å².